The summed E-state index contributed by atoms with van der Waals surface area (Å²) in [6.45, 7) is 3.56. The summed E-state index contributed by atoms with van der Waals surface area (Å²) in [4.78, 5) is 3.93. The number of nitrogens with one attached hydrogen (secondary N) is 2. The molecule has 1 heterocycles. The maximum atomic E-state index is 8.95. The second-order valence-corrected chi connectivity index (χ2v) is 2.44. The van der Waals surface area contributed by atoms with Crippen LogP contribution in [-0.2, 0) is 0 Å². The minimum absolute atomic E-state index is 0.00231. The quantitative estimate of drug-likeness (QED) is 0.529. The van der Waals surface area contributed by atoms with Crippen LogP contribution in [0.15, 0.2) is 6.33 Å². The van der Waals surface area contributed by atoms with Crippen molar-refractivity contribution in [1.29, 1.82) is 0 Å². The zero-order valence-electron chi connectivity index (χ0n) is 6.57. The van der Waals surface area contributed by atoms with Crippen LogP contribution in [0.3, 0.4) is 0 Å². The predicted molar refractivity (Wildman–Crippen MR) is 39.6 cm³/mol. The maximum absolute atomic E-state index is 8.95. The molecule has 1 rings (SSSR count). The molecule has 5 heteroatoms. The van der Waals surface area contributed by atoms with Crippen LogP contribution in [0.2, 0.25) is 0 Å². The average Bonchev–Trinajstić information content (AvgIpc) is 2.35. The first-order valence-electron chi connectivity index (χ1n) is 3.49. The molecule has 0 amide bonds. The molecule has 3 N–H and O–H groups in total. The van der Waals surface area contributed by atoms with Gasteiger partial charge in [0.2, 0.25) is 0 Å². The minimum Gasteiger partial charge on any atom is -0.379 e. The topological polar surface area (TPSA) is 73.8 Å². The average molecular weight is 156 g/mol. The number of hydrogen-bond acceptors (Lipinski definition) is 4. The van der Waals surface area contributed by atoms with Gasteiger partial charge in [0.25, 0.3) is 0 Å². The fourth-order valence-electron chi connectivity index (χ4n) is 0.864. The largest absolute Gasteiger partial charge is 0.379 e. The van der Waals surface area contributed by atoms with E-state index in [0.717, 1.165) is 5.82 Å². The van der Waals surface area contributed by atoms with Gasteiger partial charge in [0.15, 0.2) is 0 Å². The van der Waals surface area contributed by atoms with Gasteiger partial charge in [0.05, 0.1) is 6.04 Å². The molecule has 0 aliphatic heterocycles. The van der Waals surface area contributed by atoms with Crippen molar-refractivity contribution in [2.45, 2.75) is 26.1 Å². The Hall–Kier alpha value is -0.940. The minimum atomic E-state index is -0.532. The summed E-state index contributed by atoms with van der Waals surface area (Å²) in [6, 6.07) is -0.00231. The zero-order chi connectivity index (χ0) is 8.27. The molecule has 2 atom stereocenters. The summed E-state index contributed by atoms with van der Waals surface area (Å²) in [5.41, 5.74) is 0. The first-order valence-corrected chi connectivity index (χ1v) is 3.49. The molecule has 0 aliphatic carbocycles. The predicted octanol–water partition coefficient (Wildman–Crippen LogP) is -0.206. The van der Waals surface area contributed by atoms with Gasteiger partial charge in [0, 0.05) is 0 Å². The highest BCUT2D eigenvalue weighted by Crippen LogP contribution is 2.03. The molecule has 0 bridgehead atoms. The first-order chi connectivity index (χ1) is 5.20. The highest BCUT2D eigenvalue weighted by molar-refractivity contribution is 4.88. The smallest absolute Gasteiger partial charge is 0.141 e. The van der Waals surface area contributed by atoms with Crippen LogP contribution in [0, 0.1) is 0 Å². The van der Waals surface area contributed by atoms with E-state index in [-0.39, 0.29) is 6.04 Å². The summed E-state index contributed by atoms with van der Waals surface area (Å²) in [5, 5.41) is 18.2. The Morgan fingerprint density at radius 3 is 2.82 bits per heavy atom. The number of rotatable bonds is 3. The standard InChI is InChI=1S/C6H12N4O/c1-4(9-5(2)11)6-7-3-8-10-6/h3-5,9,11H,1-2H3,(H,7,8,10). The van der Waals surface area contributed by atoms with Gasteiger partial charge >= 0.3 is 0 Å². The van der Waals surface area contributed by atoms with Gasteiger partial charge in [0.1, 0.15) is 18.4 Å². The molecule has 0 spiro atoms. The lowest BCUT2D eigenvalue weighted by molar-refractivity contribution is 0.142. The van der Waals surface area contributed by atoms with Crippen LogP contribution < -0.4 is 5.32 Å². The molecule has 62 valence electrons. The molecule has 1 aromatic heterocycles. The van der Waals surface area contributed by atoms with Gasteiger partial charge in [-0.2, -0.15) is 5.10 Å². The van der Waals surface area contributed by atoms with Gasteiger partial charge < -0.3 is 5.11 Å². The molecule has 5 nitrogen and oxygen atoms in total. The fourth-order valence-corrected chi connectivity index (χ4v) is 0.864. The third kappa shape index (κ3) is 2.28. The van der Waals surface area contributed by atoms with Gasteiger partial charge in [-0.15, -0.1) is 0 Å². The van der Waals surface area contributed by atoms with Crippen molar-refractivity contribution in [1.82, 2.24) is 20.5 Å². The van der Waals surface area contributed by atoms with Gasteiger partial charge in [-0.05, 0) is 13.8 Å². The lowest BCUT2D eigenvalue weighted by atomic mass is 10.3. The third-order valence-electron chi connectivity index (χ3n) is 1.34. The van der Waals surface area contributed by atoms with Crippen LogP contribution in [0.1, 0.15) is 25.7 Å². The van der Waals surface area contributed by atoms with Crippen LogP contribution in [0.25, 0.3) is 0 Å². The Balaban J connectivity index is 2.49. The van der Waals surface area contributed by atoms with Crippen molar-refractivity contribution in [3.8, 4) is 0 Å². The summed E-state index contributed by atoms with van der Waals surface area (Å²) < 4.78 is 0. The molecule has 2 unspecified atom stereocenters. The Kier molecular flexibility index (Phi) is 2.56. The number of nitrogens with zero attached hydrogens (tertiary/aromatic N) is 2. The summed E-state index contributed by atoms with van der Waals surface area (Å²) >= 11 is 0. The van der Waals surface area contributed by atoms with Crippen molar-refractivity contribution in [2.24, 2.45) is 0 Å². The number of aliphatic hydroxyl groups excluding tert-OH is 1. The molecule has 0 aliphatic rings. The number of hydrogen-bond donors (Lipinski definition) is 3. The fraction of sp³-hybridized carbons (Fsp3) is 0.667. The molecule has 11 heavy (non-hydrogen) atoms. The van der Waals surface area contributed by atoms with Crippen molar-refractivity contribution >= 4 is 0 Å². The summed E-state index contributed by atoms with van der Waals surface area (Å²) in [7, 11) is 0. The highest BCUT2D eigenvalue weighted by atomic mass is 16.3. The lowest BCUT2D eigenvalue weighted by Gasteiger charge is -2.12. The third-order valence-corrected chi connectivity index (χ3v) is 1.34. The van der Waals surface area contributed by atoms with Crippen molar-refractivity contribution < 1.29 is 5.11 Å². The second kappa shape index (κ2) is 3.45. The van der Waals surface area contributed by atoms with Crippen molar-refractivity contribution in [3.63, 3.8) is 0 Å². The Morgan fingerprint density at radius 2 is 2.36 bits per heavy atom. The number of aromatic amines is 1. The van der Waals surface area contributed by atoms with E-state index in [9.17, 15) is 0 Å². The van der Waals surface area contributed by atoms with Crippen molar-refractivity contribution in [3.05, 3.63) is 12.2 Å². The van der Waals surface area contributed by atoms with Gasteiger partial charge in [-0.25, -0.2) is 4.98 Å². The Morgan fingerprint density at radius 1 is 1.64 bits per heavy atom. The molecule has 0 radical (unpaired) electrons. The summed E-state index contributed by atoms with van der Waals surface area (Å²) in [5.74, 6) is 0.728. The van der Waals surface area contributed by atoms with E-state index >= 15 is 0 Å². The molecule has 0 fully saturated rings. The summed E-state index contributed by atoms with van der Waals surface area (Å²) in [6.07, 6.45) is 0.908. The van der Waals surface area contributed by atoms with E-state index < -0.39 is 6.23 Å². The SMILES string of the molecule is CC(O)NC(C)c1ncn[nH]1. The maximum Gasteiger partial charge on any atom is 0.141 e. The lowest BCUT2D eigenvalue weighted by Crippen LogP contribution is -2.28. The highest BCUT2D eigenvalue weighted by Gasteiger charge is 2.08. The van der Waals surface area contributed by atoms with E-state index in [1.54, 1.807) is 6.92 Å². The van der Waals surface area contributed by atoms with Crippen LogP contribution >= 0.6 is 0 Å². The second-order valence-electron chi connectivity index (χ2n) is 2.44. The van der Waals surface area contributed by atoms with Crippen molar-refractivity contribution in [2.75, 3.05) is 0 Å². The monoisotopic (exact) mass is 156 g/mol. The van der Waals surface area contributed by atoms with E-state index in [2.05, 4.69) is 20.5 Å². The van der Waals surface area contributed by atoms with Gasteiger partial charge in [-0.3, -0.25) is 10.4 Å². The Bertz CT molecular complexity index is 196. The number of aliphatic hydroxyl groups is 1. The Labute approximate surface area is 64.9 Å². The molecule has 0 aromatic carbocycles. The molecule has 0 saturated carbocycles. The zero-order valence-corrected chi connectivity index (χ0v) is 6.57. The first kappa shape index (κ1) is 8.16. The molecular weight excluding hydrogens is 144 g/mol. The van der Waals surface area contributed by atoms with E-state index in [4.69, 9.17) is 5.11 Å². The van der Waals surface area contributed by atoms with Crippen LogP contribution in [0.4, 0.5) is 0 Å². The normalized spacial score (nSPS) is 16.3. The molecule has 1 aromatic rings. The number of H-pyrrole nitrogens is 1. The van der Waals surface area contributed by atoms with E-state index in [1.807, 2.05) is 6.92 Å². The van der Waals surface area contributed by atoms with E-state index in [1.165, 1.54) is 6.33 Å². The molecular formula is C6H12N4O. The van der Waals surface area contributed by atoms with E-state index in [0.29, 0.717) is 0 Å². The van der Waals surface area contributed by atoms with Crippen LogP contribution in [-0.4, -0.2) is 26.5 Å². The number of aromatic nitrogens is 3. The molecule has 0 saturated heterocycles. The van der Waals surface area contributed by atoms with Crippen LogP contribution in [0.5, 0.6) is 0 Å². The van der Waals surface area contributed by atoms with Gasteiger partial charge in [-0.1, -0.05) is 0 Å².